The molecular weight excluding hydrogens is 283 g/mol. The van der Waals surface area contributed by atoms with E-state index in [9.17, 15) is 18.3 Å². The van der Waals surface area contributed by atoms with Gasteiger partial charge in [-0.1, -0.05) is 29.8 Å². The summed E-state index contributed by atoms with van der Waals surface area (Å²) in [5.41, 5.74) is 0.569. The standard InChI is InChI=1S/C15H20F3NO2/c1-9-4-6-10(7-5-9)12-11(8-16)19(14(20)13(17)18)15(2,3)21-12/h4-7,11-14,20H,8H2,1-3H3. The molecule has 0 bridgehead atoms. The van der Waals surface area contributed by atoms with E-state index in [4.69, 9.17) is 4.74 Å². The van der Waals surface area contributed by atoms with E-state index in [0.29, 0.717) is 5.56 Å². The van der Waals surface area contributed by atoms with Crippen molar-refractivity contribution in [2.45, 2.75) is 51.3 Å². The Balaban J connectivity index is 2.34. The number of aliphatic hydroxyl groups is 1. The van der Waals surface area contributed by atoms with Crippen molar-refractivity contribution < 1.29 is 23.0 Å². The quantitative estimate of drug-likeness (QED) is 0.928. The monoisotopic (exact) mass is 303 g/mol. The molecule has 1 fully saturated rings. The molecule has 21 heavy (non-hydrogen) atoms. The summed E-state index contributed by atoms with van der Waals surface area (Å²) in [6, 6.07) is 6.33. The number of alkyl halides is 3. The maximum absolute atomic E-state index is 13.5. The van der Waals surface area contributed by atoms with Gasteiger partial charge in [0.15, 0.2) is 6.23 Å². The number of aryl methyl sites for hydroxylation is 1. The van der Waals surface area contributed by atoms with Crippen molar-refractivity contribution >= 4 is 0 Å². The number of hydrogen-bond acceptors (Lipinski definition) is 3. The van der Waals surface area contributed by atoms with Crippen LogP contribution in [0, 0.1) is 6.92 Å². The summed E-state index contributed by atoms with van der Waals surface area (Å²) in [7, 11) is 0. The Morgan fingerprint density at radius 2 is 1.86 bits per heavy atom. The van der Waals surface area contributed by atoms with Crippen LogP contribution in [0.15, 0.2) is 24.3 Å². The Bertz CT molecular complexity index is 478. The molecule has 0 spiro atoms. The Kier molecular flexibility index (Phi) is 4.60. The zero-order chi connectivity index (χ0) is 15.8. The van der Waals surface area contributed by atoms with Crippen LogP contribution in [-0.4, -0.2) is 41.1 Å². The van der Waals surface area contributed by atoms with Crippen LogP contribution in [0.25, 0.3) is 0 Å². The summed E-state index contributed by atoms with van der Waals surface area (Å²) >= 11 is 0. The fourth-order valence-corrected chi connectivity index (χ4v) is 2.83. The molecule has 1 heterocycles. The molecule has 3 unspecified atom stereocenters. The van der Waals surface area contributed by atoms with Crippen LogP contribution in [0.4, 0.5) is 13.2 Å². The van der Waals surface area contributed by atoms with Crippen molar-refractivity contribution in [3.63, 3.8) is 0 Å². The molecule has 2 rings (SSSR count). The summed E-state index contributed by atoms with van der Waals surface area (Å²) in [6.45, 7) is 4.14. The lowest BCUT2D eigenvalue weighted by molar-refractivity contribution is -0.179. The molecule has 6 heteroatoms. The fourth-order valence-electron chi connectivity index (χ4n) is 2.83. The summed E-state index contributed by atoms with van der Waals surface area (Å²) in [4.78, 5) is 1.02. The molecule has 3 atom stereocenters. The summed E-state index contributed by atoms with van der Waals surface area (Å²) in [6.07, 6.45) is -5.74. The zero-order valence-electron chi connectivity index (χ0n) is 12.3. The minimum absolute atomic E-state index is 0.695. The number of ether oxygens (including phenoxy) is 1. The lowest BCUT2D eigenvalue weighted by Gasteiger charge is -2.35. The van der Waals surface area contributed by atoms with Gasteiger partial charge in [-0.2, -0.15) is 0 Å². The van der Waals surface area contributed by atoms with Gasteiger partial charge in [-0.3, -0.25) is 0 Å². The van der Waals surface area contributed by atoms with Gasteiger partial charge in [-0.25, -0.2) is 18.1 Å². The number of halogens is 3. The lowest BCUT2D eigenvalue weighted by Crippen LogP contribution is -2.53. The fraction of sp³-hybridized carbons (Fsp3) is 0.600. The van der Waals surface area contributed by atoms with E-state index in [1.165, 1.54) is 0 Å². The summed E-state index contributed by atoms with van der Waals surface area (Å²) in [5, 5.41) is 9.70. The van der Waals surface area contributed by atoms with Gasteiger partial charge in [0, 0.05) is 0 Å². The van der Waals surface area contributed by atoms with E-state index in [1.54, 1.807) is 26.0 Å². The molecule has 118 valence electrons. The third-order valence-electron chi connectivity index (χ3n) is 3.82. The van der Waals surface area contributed by atoms with Crippen LogP contribution in [-0.2, 0) is 4.74 Å². The van der Waals surface area contributed by atoms with E-state index >= 15 is 0 Å². The SMILES string of the molecule is Cc1ccc(C2OC(C)(C)N(C(O)C(F)F)C2CF)cc1. The average Bonchev–Trinajstić information content (AvgIpc) is 2.69. The van der Waals surface area contributed by atoms with Gasteiger partial charge in [-0.05, 0) is 26.3 Å². The van der Waals surface area contributed by atoms with Crippen LogP contribution in [0.3, 0.4) is 0 Å². The highest BCUT2D eigenvalue weighted by molar-refractivity contribution is 5.25. The minimum Gasteiger partial charge on any atom is -0.372 e. The predicted molar refractivity (Wildman–Crippen MR) is 72.7 cm³/mol. The smallest absolute Gasteiger partial charge is 0.277 e. The molecule has 1 N–H and O–H groups in total. The van der Waals surface area contributed by atoms with Gasteiger partial charge in [0.05, 0.1) is 6.04 Å². The molecule has 1 aliphatic rings. The molecule has 1 aromatic carbocycles. The third kappa shape index (κ3) is 3.07. The van der Waals surface area contributed by atoms with E-state index < -0.39 is 37.2 Å². The van der Waals surface area contributed by atoms with Crippen molar-refractivity contribution in [3.8, 4) is 0 Å². The van der Waals surface area contributed by atoms with Gasteiger partial charge in [0.1, 0.15) is 18.5 Å². The molecular formula is C15H20F3NO2. The molecule has 0 amide bonds. The molecule has 0 radical (unpaired) electrons. The number of hydrogen-bond donors (Lipinski definition) is 1. The molecule has 1 aromatic rings. The second-order valence-corrected chi connectivity index (χ2v) is 5.77. The number of rotatable bonds is 4. The molecule has 1 saturated heterocycles. The average molecular weight is 303 g/mol. The Labute approximate surface area is 122 Å². The molecule has 3 nitrogen and oxygen atoms in total. The lowest BCUT2D eigenvalue weighted by atomic mass is 10.0. The van der Waals surface area contributed by atoms with E-state index in [1.807, 2.05) is 19.1 Å². The molecule has 0 aromatic heterocycles. The van der Waals surface area contributed by atoms with Gasteiger partial charge >= 0.3 is 0 Å². The number of nitrogens with zero attached hydrogens (tertiary/aromatic N) is 1. The van der Waals surface area contributed by atoms with Crippen molar-refractivity contribution in [1.29, 1.82) is 0 Å². The van der Waals surface area contributed by atoms with Crippen LogP contribution < -0.4 is 0 Å². The third-order valence-corrected chi connectivity index (χ3v) is 3.82. The van der Waals surface area contributed by atoms with E-state index in [0.717, 1.165) is 10.5 Å². The summed E-state index contributed by atoms with van der Waals surface area (Å²) in [5.74, 6) is 0. The maximum Gasteiger partial charge on any atom is 0.277 e. The van der Waals surface area contributed by atoms with Gasteiger partial charge in [0.25, 0.3) is 6.43 Å². The first-order chi connectivity index (χ1) is 9.77. The first kappa shape index (κ1) is 16.3. The van der Waals surface area contributed by atoms with Crippen molar-refractivity contribution in [2.24, 2.45) is 0 Å². The first-order valence-corrected chi connectivity index (χ1v) is 6.83. The predicted octanol–water partition coefficient (Wildman–Crippen LogP) is 3.03. The number of aliphatic hydroxyl groups excluding tert-OH is 1. The van der Waals surface area contributed by atoms with E-state index in [-0.39, 0.29) is 0 Å². The maximum atomic E-state index is 13.5. The van der Waals surface area contributed by atoms with Crippen LogP contribution in [0.2, 0.25) is 0 Å². The summed E-state index contributed by atoms with van der Waals surface area (Å²) < 4.78 is 44.9. The second kappa shape index (κ2) is 5.94. The highest BCUT2D eigenvalue weighted by Crippen LogP contribution is 2.42. The normalized spacial score (nSPS) is 27.2. The van der Waals surface area contributed by atoms with E-state index in [2.05, 4.69) is 0 Å². The Morgan fingerprint density at radius 1 is 1.29 bits per heavy atom. The van der Waals surface area contributed by atoms with Crippen molar-refractivity contribution in [2.75, 3.05) is 6.67 Å². The largest absolute Gasteiger partial charge is 0.372 e. The molecule has 0 aliphatic carbocycles. The topological polar surface area (TPSA) is 32.7 Å². The number of benzene rings is 1. The van der Waals surface area contributed by atoms with Gasteiger partial charge in [0.2, 0.25) is 0 Å². The van der Waals surface area contributed by atoms with Crippen molar-refractivity contribution in [1.82, 2.24) is 4.90 Å². The van der Waals surface area contributed by atoms with Crippen LogP contribution in [0.5, 0.6) is 0 Å². The zero-order valence-corrected chi connectivity index (χ0v) is 12.3. The van der Waals surface area contributed by atoms with Gasteiger partial charge in [-0.15, -0.1) is 0 Å². The molecule has 1 aliphatic heterocycles. The van der Waals surface area contributed by atoms with Gasteiger partial charge < -0.3 is 9.84 Å². The van der Waals surface area contributed by atoms with Crippen molar-refractivity contribution in [3.05, 3.63) is 35.4 Å². The van der Waals surface area contributed by atoms with Crippen LogP contribution in [0.1, 0.15) is 31.1 Å². The highest BCUT2D eigenvalue weighted by atomic mass is 19.3. The Morgan fingerprint density at radius 3 is 2.33 bits per heavy atom. The minimum atomic E-state index is -2.99. The second-order valence-electron chi connectivity index (χ2n) is 5.77. The Hall–Kier alpha value is -1.11. The first-order valence-electron chi connectivity index (χ1n) is 6.83. The molecule has 0 saturated carbocycles. The highest BCUT2D eigenvalue weighted by Gasteiger charge is 2.52. The van der Waals surface area contributed by atoms with Crippen LogP contribution >= 0.6 is 0 Å².